The van der Waals surface area contributed by atoms with E-state index in [0.717, 1.165) is 6.54 Å². The molecule has 0 aromatic carbocycles. The van der Waals surface area contributed by atoms with Crippen molar-refractivity contribution in [1.82, 2.24) is 4.90 Å². The van der Waals surface area contributed by atoms with E-state index in [1.165, 1.54) is 0 Å². The van der Waals surface area contributed by atoms with Crippen molar-refractivity contribution in [2.45, 2.75) is 39.8 Å². The van der Waals surface area contributed by atoms with Gasteiger partial charge in [0, 0.05) is 12.1 Å². The Kier molecular flexibility index (Phi) is 13.5. The Balaban J connectivity index is 0. The van der Waals surface area contributed by atoms with E-state index in [0.29, 0.717) is 12.1 Å². The van der Waals surface area contributed by atoms with E-state index < -0.39 is 17.0 Å². The third-order valence-corrected chi connectivity index (χ3v) is 1.58. The van der Waals surface area contributed by atoms with Crippen molar-refractivity contribution in [3.63, 3.8) is 0 Å². The molecule has 0 heterocycles. The maximum absolute atomic E-state index is 4.89. The van der Waals surface area contributed by atoms with Gasteiger partial charge in [0.25, 0.3) is 0 Å². The molecular formula is C8H18Cl2NTi. The van der Waals surface area contributed by atoms with Crippen LogP contribution in [0.2, 0.25) is 0 Å². The molecule has 0 saturated heterocycles. The molecule has 0 amide bonds. The Morgan fingerprint density at radius 3 is 1.42 bits per heavy atom. The van der Waals surface area contributed by atoms with E-state index in [1.807, 2.05) is 0 Å². The third-order valence-electron chi connectivity index (χ3n) is 1.58. The normalized spacial score (nSPS) is 10.2. The predicted octanol–water partition coefficient (Wildman–Crippen LogP) is 3.32. The van der Waals surface area contributed by atoms with E-state index in [9.17, 15) is 0 Å². The fourth-order valence-corrected chi connectivity index (χ4v) is 1.11. The Bertz CT molecular complexity index is 81.1. The summed E-state index contributed by atoms with van der Waals surface area (Å²) in [6.07, 6.45) is 0. The molecule has 0 N–H and O–H groups in total. The second kappa shape index (κ2) is 10.3. The van der Waals surface area contributed by atoms with Gasteiger partial charge in [-0.3, -0.25) is 4.90 Å². The van der Waals surface area contributed by atoms with Crippen LogP contribution in [0.15, 0.2) is 0 Å². The number of hydrogen-bond acceptors (Lipinski definition) is 1. The van der Waals surface area contributed by atoms with Crippen LogP contribution in [-0.4, -0.2) is 23.5 Å². The van der Waals surface area contributed by atoms with Gasteiger partial charge >= 0.3 is 35.6 Å². The van der Waals surface area contributed by atoms with Crippen LogP contribution in [0.1, 0.15) is 27.7 Å². The molecule has 0 saturated carbocycles. The van der Waals surface area contributed by atoms with Gasteiger partial charge in [-0.05, 0) is 41.2 Å². The number of rotatable bonds is 3. The molecule has 0 aliphatic heterocycles. The van der Waals surface area contributed by atoms with E-state index >= 15 is 0 Å². The molecule has 0 bridgehead atoms. The maximum atomic E-state index is 4.89. The molecule has 0 spiro atoms. The van der Waals surface area contributed by atoms with Crippen molar-refractivity contribution in [3.8, 4) is 0 Å². The summed E-state index contributed by atoms with van der Waals surface area (Å²) in [6.45, 7) is 13.6. The van der Waals surface area contributed by atoms with Crippen molar-refractivity contribution in [1.29, 1.82) is 0 Å². The first-order valence-electron chi connectivity index (χ1n) is 4.02. The predicted molar refractivity (Wildman–Crippen MR) is 54.0 cm³/mol. The Morgan fingerprint density at radius 1 is 1.17 bits per heavy atom. The summed E-state index contributed by atoms with van der Waals surface area (Å²) < 4.78 is 0. The summed E-state index contributed by atoms with van der Waals surface area (Å²) in [4.78, 5) is 2.35. The van der Waals surface area contributed by atoms with Gasteiger partial charge in [-0.15, -0.1) is 0 Å². The molecule has 1 radical (unpaired) electrons. The van der Waals surface area contributed by atoms with Crippen molar-refractivity contribution in [2.75, 3.05) is 6.54 Å². The van der Waals surface area contributed by atoms with E-state index in [-0.39, 0.29) is 0 Å². The molecule has 0 atom stereocenters. The molecule has 0 rings (SSSR count). The summed E-state index contributed by atoms with van der Waals surface area (Å²) in [6, 6.07) is 1.25. The van der Waals surface area contributed by atoms with Crippen molar-refractivity contribution in [2.24, 2.45) is 0 Å². The van der Waals surface area contributed by atoms with Crippen molar-refractivity contribution >= 4 is 18.6 Å². The third kappa shape index (κ3) is 9.34. The molecule has 12 heavy (non-hydrogen) atoms. The minimum atomic E-state index is -0.556. The molecule has 0 fully saturated rings. The fraction of sp³-hybridized carbons (Fsp3) is 0.875. The van der Waals surface area contributed by atoms with Crippen molar-refractivity contribution in [3.05, 3.63) is 6.92 Å². The van der Waals surface area contributed by atoms with Gasteiger partial charge in [-0.25, -0.2) is 0 Å². The van der Waals surface area contributed by atoms with Crippen LogP contribution in [0.4, 0.5) is 0 Å². The fourth-order valence-electron chi connectivity index (χ4n) is 1.11. The van der Waals surface area contributed by atoms with Crippen LogP contribution in [0.3, 0.4) is 0 Å². The zero-order valence-corrected chi connectivity index (χ0v) is 11.3. The average molecular weight is 247 g/mol. The molecule has 0 aliphatic rings. The average Bonchev–Trinajstić information content (AvgIpc) is 1.88. The molecular weight excluding hydrogens is 229 g/mol. The second-order valence-electron chi connectivity index (χ2n) is 3.00. The van der Waals surface area contributed by atoms with Gasteiger partial charge in [-0.1, -0.05) is 0 Å². The van der Waals surface area contributed by atoms with Gasteiger partial charge in [0.1, 0.15) is 0 Å². The summed E-state index contributed by atoms with van der Waals surface area (Å²) in [5.74, 6) is 0. The van der Waals surface area contributed by atoms with Crippen LogP contribution in [0, 0.1) is 6.92 Å². The summed E-state index contributed by atoms with van der Waals surface area (Å²) in [7, 11) is 9.78. The van der Waals surface area contributed by atoms with Crippen LogP contribution in [0.25, 0.3) is 0 Å². The molecule has 73 valence electrons. The number of hydrogen-bond donors (Lipinski definition) is 0. The zero-order valence-electron chi connectivity index (χ0n) is 8.27. The number of nitrogens with zero attached hydrogens (tertiary/aromatic N) is 1. The first-order chi connectivity index (χ1) is 5.51. The molecule has 0 aromatic rings. The van der Waals surface area contributed by atoms with E-state index in [2.05, 4.69) is 39.5 Å². The van der Waals surface area contributed by atoms with Crippen LogP contribution in [0.5, 0.6) is 0 Å². The van der Waals surface area contributed by atoms with E-state index in [4.69, 9.17) is 18.6 Å². The molecule has 0 aliphatic carbocycles. The molecule has 1 nitrogen and oxygen atoms in total. The Hall–Kier alpha value is 1.25. The molecule has 0 aromatic heterocycles. The second-order valence-corrected chi connectivity index (χ2v) is 5.58. The summed E-state index contributed by atoms with van der Waals surface area (Å²) in [5, 5.41) is 0. The Labute approximate surface area is 93.5 Å². The van der Waals surface area contributed by atoms with Gasteiger partial charge in [0.2, 0.25) is 0 Å². The molecule has 4 heteroatoms. The van der Waals surface area contributed by atoms with E-state index in [1.54, 1.807) is 0 Å². The first kappa shape index (κ1) is 15.7. The monoisotopic (exact) mass is 246 g/mol. The summed E-state index contributed by atoms with van der Waals surface area (Å²) in [5.41, 5.74) is 0. The minimum absolute atomic E-state index is 0.556. The molecule has 0 unspecified atom stereocenters. The SMILES string of the molecule is [CH2]CN(C(C)C)C(C)C.[Cl][Ti][Cl]. The van der Waals surface area contributed by atoms with Crippen molar-refractivity contribution < 1.29 is 17.0 Å². The van der Waals surface area contributed by atoms with Gasteiger partial charge < -0.3 is 0 Å². The quantitative estimate of drug-likeness (QED) is 0.691. The number of halogens is 2. The van der Waals surface area contributed by atoms with Crippen LogP contribution >= 0.6 is 18.6 Å². The zero-order chi connectivity index (χ0) is 10.1. The van der Waals surface area contributed by atoms with Gasteiger partial charge in [0.05, 0.1) is 0 Å². The standard InChI is InChI=1S/C8H18N.2ClH.Ti/c1-6-9(7(2)3)8(4)5;;;/h7-8H,1,6H2,2-5H3;2*1H;/q;;;+2/p-2. The summed E-state index contributed by atoms with van der Waals surface area (Å²) >= 11 is -0.556. The topological polar surface area (TPSA) is 3.24 Å². The first-order valence-corrected chi connectivity index (χ1v) is 8.32. The Morgan fingerprint density at radius 2 is 1.42 bits per heavy atom. The van der Waals surface area contributed by atoms with Crippen LogP contribution < -0.4 is 0 Å². The van der Waals surface area contributed by atoms with Crippen LogP contribution in [-0.2, 0) is 17.0 Å². The van der Waals surface area contributed by atoms with Gasteiger partial charge in [0.15, 0.2) is 0 Å². The van der Waals surface area contributed by atoms with Gasteiger partial charge in [-0.2, -0.15) is 0 Å².